The summed E-state index contributed by atoms with van der Waals surface area (Å²) in [7, 11) is 1.82. The van der Waals surface area contributed by atoms with Crippen LogP contribution in [0.5, 0.6) is 0 Å². The maximum Gasteiger partial charge on any atom is 0.253 e. The highest BCUT2D eigenvalue weighted by Crippen LogP contribution is 2.23. The molecule has 1 heterocycles. The number of hydrogen-bond donors (Lipinski definition) is 0. The fourth-order valence-electron chi connectivity index (χ4n) is 2.53. The topological polar surface area (TPSA) is 59.2 Å². The number of aryl methyl sites for hydroxylation is 1. The highest BCUT2D eigenvalue weighted by atomic mass is 32.2. The molecule has 0 aliphatic rings. The Morgan fingerprint density at radius 3 is 2.33 bits per heavy atom. The smallest absolute Gasteiger partial charge is 0.253 e. The molecular formula is C20H21N3O2S2. The van der Waals surface area contributed by atoms with Crippen LogP contribution < -0.4 is 0 Å². The van der Waals surface area contributed by atoms with Gasteiger partial charge < -0.3 is 9.42 Å². The number of aromatic nitrogens is 2. The Bertz CT molecular complexity index is 892. The second kappa shape index (κ2) is 9.10. The Morgan fingerprint density at radius 1 is 1.07 bits per heavy atom. The van der Waals surface area contributed by atoms with E-state index in [0.29, 0.717) is 29.6 Å². The van der Waals surface area contributed by atoms with Gasteiger partial charge in [-0.25, -0.2) is 0 Å². The van der Waals surface area contributed by atoms with Crippen LogP contribution in [0.25, 0.3) is 0 Å². The van der Waals surface area contributed by atoms with Gasteiger partial charge in [-0.15, -0.1) is 23.5 Å². The normalized spacial score (nSPS) is 10.8. The predicted octanol–water partition coefficient (Wildman–Crippen LogP) is 4.66. The Labute approximate surface area is 167 Å². The third-order valence-electron chi connectivity index (χ3n) is 3.96. The fraction of sp³-hybridized carbons (Fsp3) is 0.250. The third-order valence-corrected chi connectivity index (χ3v) is 5.70. The molecule has 0 radical (unpaired) electrons. The van der Waals surface area contributed by atoms with E-state index in [0.717, 1.165) is 10.5 Å². The SMILES string of the molecule is CSc1ccc(CN(C)C(=O)c2ccc(SCc3nc(C)no3)cc2)cc1. The summed E-state index contributed by atoms with van der Waals surface area (Å²) in [5.74, 6) is 1.86. The first-order valence-electron chi connectivity index (χ1n) is 8.45. The number of carbonyl (C=O) groups is 1. The second-order valence-corrected chi connectivity index (χ2v) is 7.99. The van der Waals surface area contributed by atoms with Crippen LogP contribution in [-0.2, 0) is 12.3 Å². The highest BCUT2D eigenvalue weighted by Gasteiger charge is 2.12. The van der Waals surface area contributed by atoms with Crippen LogP contribution in [-0.4, -0.2) is 34.3 Å². The van der Waals surface area contributed by atoms with E-state index in [-0.39, 0.29) is 5.91 Å². The standard InChI is InChI=1S/C20H21N3O2S2/c1-14-21-19(25-22-14)13-27-18-10-6-16(7-11-18)20(24)23(2)12-15-4-8-17(26-3)9-5-15/h4-11H,12-13H2,1-3H3. The minimum Gasteiger partial charge on any atom is -0.338 e. The predicted molar refractivity (Wildman–Crippen MR) is 109 cm³/mol. The van der Waals surface area contributed by atoms with E-state index in [2.05, 4.69) is 40.7 Å². The van der Waals surface area contributed by atoms with Gasteiger partial charge in [-0.05, 0) is 55.1 Å². The average Bonchev–Trinajstić information content (AvgIpc) is 3.12. The molecule has 0 spiro atoms. The number of carbonyl (C=O) groups excluding carboxylic acids is 1. The molecule has 0 unspecified atom stereocenters. The molecule has 3 rings (SSSR count). The maximum absolute atomic E-state index is 12.6. The summed E-state index contributed by atoms with van der Waals surface area (Å²) in [4.78, 5) is 20.8. The second-order valence-electron chi connectivity index (χ2n) is 6.06. The van der Waals surface area contributed by atoms with Crippen molar-refractivity contribution in [3.05, 3.63) is 71.4 Å². The van der Waals surface area contributed by atoms with Gasteiger partial charge in [-0.1, -0.05) is 17.3 Å². The van der Waals surface area contributed by atoms with Gasteiger partial charge in [0.15, 0.2) is 5.82 Å². The minimum atomic E-state index is 0.00743. The van der Waals surface area contributed by atoms with Crippen LogP contribution in [0.15, 0.2) is 62.8 Å². The first-order valence-corrected chi connectivity index (χ1v) is 10.7. The van der Waals surface area contributed by atoms with Gasteiger partial charge >= 0.3 is 0 Å². The van der Waals surface area contributed by atoms with Gasteiger partial charge in [0.25, 0.3) is 5.91 Å². The molecule has 140 valence electrons. The summed E-state index contributed by atoms with van der Waals surface area (Å²) < 4.78 is 5.11. The Hall–Kier alpha value is -2.25. The largest absolute Gasteiger partial charge is 0.338 e. The van der Waals surface area contributed by atoms with Crippen molar-refractivity contribution in [3.63, 3.8) is 0 Å². The molecule has 0 saturated carbocycles. The lowest BCUT2D eigenvalue weighted by molar-refractivity contribution is 0.0785. The lowest BCUT2D eigenvalue weighted by atomic mass is 10.1. The molecule has 0 saturated heterocycles. The zero-order valence-electron chi connectivity index (χ0n) is 15.5. The van der Waals surface area contributed by atoms with E-state index >= 15 is 0 Å². The molecule has 27 heavy (non-hydrogen) atoms. The van der Waals surface area contributed by atoms with Gasteiger partial charge in [0, 0.05) is 28.9 Å². The first kappa shape index (κ1) is 19.5. The number of amides is 1. The maximum atomic E-state index is 12.6. The van der Waals surface area contributed by atoms with Crippen molar-refractivity contribution in [3.8, 4) is 0 Å². The van der Waals surface area contributed by atoms with Crippen LogP contribution in [0, 0.1) is 6.92 Å². The number of rotatable bonds is 7. The van der Waals surface area contributed by atoms with E-state index in [1.807, 2.05) is 31.3 Å². The van der Waals surface area contributed by atoms with E-state index in [4.69, 9.17) is 4.52 Å². The zero-order chi connectivity index (χ0) is 19.2. The van der Waals surface area contributed by atoms with Crippen molar-refractivity contribution in [2.75, 3.05) is 13.3 Å². The molecule has 3 aromatic rings. The molecule has 5 nitrogen and oxygen atoms in total. The van der Waals surface area contributed by atoms with Gasteiger partial charge in [-0.2, -0.15) is 4.98 Å². The molecule has 2 aromatic carbocycles. The molecule has 0 bridgehead atoms. The van der Waals surface area contributed by atoms with Gasteiger partial charge in [0.1, 0.15) is 0 Å². The van der Waals surface area contributed by atoms with Crippen molar-refractivity contribution >= 4 is 29.4 Å². The molecular weight excluding hydrogens is 378 g/mol. The first-order chi connectivity index (χ1) is 13.0. The summed E-state index contributed by atoms with van der Waals surface area (Å²) in [6.07, 6.45) is 2.05. The van der Waals surface area contributed by atoms with Crippen molar-refractivity contribution in [2.24, 2.45) is 0 Å². The minimum absolute atomic E-state index is 0.00743. The van der Waals surface area contributed by atoms with Gasteiger partial charge in [0.2, 0.25) is 5.89 Å². The Balaban J connectivity index is 1.57. The number of hydrogen-bond acceptors (Lipinski definition) is 6. The van der Waals surface area contributed by atoms with Crippen LogP contribution in [0.1, 0.15) is 27.6 Å². The lowest BCUT2D eigenvalue weighted by Crippen LogP contribution is -2.26. The highest BCUT2D eigenvalue weighted by molar-refractivity contribution is 7.98. The summed E-state index contributed by atoms with van der Waals surface area (Å²) >= 11 is 3.31. The fourth-order valence-corrected chi connectivity index (χ4v) is 3.68. The monoisotopic (exact) mass is 399 g/mol. The van der Waals surface area contributed by atoms with Crippen LogP contribution in [0.2, 0.25) is 0 Å². The zero-order valence-corrected chi connectivity index (χ0v) is 17.1. The molecule has 7 heteroatoms. The molecule has 1 amide bonds. The third kappa shape index (κ3) is 5.37. The van der Waals surface area contributed by atoms with Crippen LogP contribution in [0.3, 0.4) is 0 Å². The van der Waals surface area contributed by atoms with E-state index in [9.17, 15) is 4.79 Å². The quantitative estimate of drug-likeness (QED) is 0.538. The molecule has 0 aliphatic carbocycles. The molecule has 0 atom stereocenters. The van der Waals surface area contributed by atoms with E-state index in [1.165, 1.54) is 4.90 Å². The molecule has 1 aromatic heterocycles. The van der Waals surface area contributed by atoms with Gasteiger partial charge in [0.05, 0.1) is 5.75 Å². The summed E-state index contributed by atoms with van der Waals surface area (Å²) in [6.45, 7) is 2.38. The summed E-state index contributed by atoms with van der Waals surface area (Å²) in [5, 5.41) is 3.78. The Morgan fingerprint density at radius 2 is 1.74 bits per heavy atom. The van der Waals surface area contributed by atoms with E-state index < -0.39 is 0 Å². The number of thioether (sulfide) groups is 2. The van der Waals surface area contributed by atoms with Crippen molar-refractivity contribution < 1.29 is 9.32 Å². The summed E-state index contributed by atoms with van der Waals surface area (Å²) in [6, 6.07) is 15.9. The van der Waals surface area contributed by atoms with Crippen molar-refractivity contribution in [1.82, 2.24) is 15.0 Å². The van der Waals surface area contributed by atoms with Crippen LogP contribution in [0.4, 0.5) is 0 Å². The molecule has 0 aliphatic heterocycles. The summed E-state index contributed by atoms with van der Waals surface area (Å²) in [5.41, 5.74) is 1.79. The van der Waals surface area contributed by atoms with Gasteiger partial charge in [-0.3, -0.25) is 4.79 Å². The number of benzene rings is 2. The molecule has 0 N–H and O–H groups in total. The van der Waals surface area contributed by atoms with E-state index in [1.54, 1.807) is 35.3 Å². The van der Waals surface area contributed by atoms with Crippen molar-refractivity contribution in [2.45, 2.75) is 29.0 Å². The van der Waals surface area contributed by atoms with Crippen LogP contribution >= 0.6 is 23.5 Å². The number of nitrogens with zero attached hydrogens (tertiary/aromatic N) is 3. The lowest BCUT2D eigenvalue weighted by Gasteiger charge is -2.17. The van der Waals surface area contributed by atoms with Crippen molar-refractivity contribution in [1.29, 1.82) is 0 Å². The Kier molecular flexibility index (Phi) is 6.58. The average molecular weight is 400 g/mol. The molecule has 0 fully saturated rings.